The number of nitriles is 1. The van der Waals surface area contributed by atoms with Crippen LogP contribution in [-0.4, -0.2) is 36.4 Å². The molecule has 0 spiro atoms. The fourth-order valence-electron chi connectivity index (χ4n) is 3.81. The molecule has 4 rings (SSSR count). The molecule has 5 nitrogen and oxygen atoms in total. The molecule has 1 unspecified atom stereocenters. The monoisotopic (exact) mass is 377 g/mol. The first kappa shape index (κ1) is 18.2. The van der Waals surface area contributed by atoms with Crippen LogP contribution in [0, 0.1) is 17.1 Å². The number of ether oxygens (including phenoxy) is 1. The van der Waals surface area contributed by atoms with Crippen molar-refractivity contribution < 1.29 is 14.2 Å². The van der Waals surface area contributed by atoms with Crippen molar-refractivity contribution in [3.8, 4) is 22.9 Å². The van der Waals surface area contributed by atoms with Crippen LogP contribution in [0.2, 0.25) is 0 Å². The van der Waals surface area contributed by atoms with Gasteiger partial charge >= 0.3 is 0 Å². The summed E-state index contributed by atoms with van der Waals surface area (Å²) in [6.07, 6.45) is 1.19. The molecule has 1 saturated heterocycles. The molecule has 1 aliphatic rings. The molecule has 2 aromatic carbocycles. The third kappa shape index (κ3) is 3.25. The van der Waals surface area contributed by atoms with Gasteiger partial charge in [-0.05, 0) is 54.1 Å². The Kier molecular flexibility index (Phi) is 4.84. The Hall–Kier alpha value is -3.17. The van der Waals surface area contributed by atoms with Gasteiger partial charge in [-0.2, -0.15) is 5.26 Å². The van der Waals surface area contributed by atoms with E-state index in [1.165, 1.54) is 12.1 Å². The molecule has 0 bridgehead atoms. The average molecular weight is 377 g/mol. The Bertz CT molecular complexity index is 1080. The molecule has 0 radical (unpaired) electrons. The lowest BCUT2D eigenvalue weighted by atomic mass is 9.96. The molecule has 142 valence electrons. The summed E-state index contributed by atoms with van der Waals surface area (Å²) < 4.78 is 19.3. The standard InChI is InChI=1S/C22H20FN3O2/c1-28-17-7-8-18-19(11-17)21(14-4-2-5-15(23)10-14)20(12-24)25-22(18)26-9-3-6-16(27)13-26/h2,4-5,7-8,10-11,16,27H,3,6,9,13H2,1H3. The van der Waals surface area contributed by atoms with Gasteiger partial charge < -0.3 is 14.7 Å². The number of aliphatic hydroxyl groups is 1. The Morgan fingerprint density at radius 2 is 2.11 bits per heavy atom. The summed E-state index contributed by atoms with van der Waals surface area (Å²) in [5, 5.41) is 21.5. The summed E-state index contributed by atoms with van der Waals surface area (Å²) in [5.74, 6) is 0.929. The van der Waals surface area contributed by atoms with Gasteiger partial charge in [-0.15, -0.1) is 0 Å². The maximum absolute atomic E-state index is 13.9. The Balaban J connectivity index is 2.01. The summed E-state index contributed by atoms with van der Waals surface area (Å²) in [6, 6.07) is 13.9. The van der Waals surface area contributed by atoms with Crippen LogP contribution in [0.5, 0.6) is 5.75 Å². The van der Waals surface area contributed by atoms with Crippen LogP contribution >= 0.6 is 0 Å². The highest BCUT2D eigenvalue weighted by Crippen LogP contribution is 2.38. The number of hydrogen-bond donors (Lipinski definition) is 1. The van der Waals surface area contributed by atoms with Crippen molar-refractivity contribution >= 4 is 16.6 Å². The lowest BCUT2D eigenvalue weighted by Crippen LogP contribution is -2.38. The summed E-state index contributed by atoms with van der Waals surface area (Å²) in [7, 11) is 1.58. The van der Waals surface area contributed by atoms with E-state index < -0.39 is 6.10 Å². The minimum Gasteiger partial charge on any atom is -0.497 e. The second kappa shape index (κ2) is 7.45. The minimum atomic E-state index is -0.419. The van der Waals surface area contributed by atoms with E-state index in [4.69, 9.17) is 4.74 Å². The molecule has 3 aromatic rings. The number of nitrogens with zero attached hydrogens (tertiary/aromatic N) is 3. The normalized spacial score (nSPS) is 16.8. The zero-order chi connectivity index (χ0) is 19.7. The first-order valence-corrected chi connectivity index (χ1v) is 9.21. The highest BCUT2D eigenvalue weighted by atomic mass is 19.1. The van der Waals surface area contributed by atoms with E-state index in [-0.39, 0.29) is 11.5 Å². The van der Waals surface area contributed by atoms with Gasteiger partial charge in [0, 0.05) is 24.0 Å². The number of rotatable bonds is 3. The lowest BCUT2D eigenvalue weighted by Gasteiger charge is -2.32. The van der Waals surface area contributed by atoms with Crippen LogP contribution in [0.4, 0.5) is 10.2 Å². The molecule has 0 amide bonds. The Morgan fingerprint density at radius 1 is 1.25 bits per heavy atom. The molecule has 1 atom stereocenters. The van der Waals surface area contributed by atoms with Crippen LogP contribution in [0.25, 0.3) is 21.9 Å². The van der Waals surface area contributed by atoms with Crippen LogP contribution in [-0.2, 0) is 0 Å². The highest BCUT2D eigenvalue weighted by molar-refractivity contribution is 6.04. The van der Waals surface area contributed by atoms with Gasteiger partial charge in [0.25, 0.3) is 0 Å². The SMILES string of the molecule is COc1ccc2c(N3CCCC(O)C3)nc(C#N)c(-c3cccc(F)c3)c2c1. The number of β-amino-alcohol motifs (C(OH)–C–C–N with tert-alkyl or cyclic N) is 1. The molecular formula is C22H20FN3O2. The predicted octanol–water partition coefficient (Wildman–Crippen LogP) is 3.88. The van der Waals surface area contributed by atoms with Gasteiger partial charge in [0.2, 0.25) is 0 Å². The number of methoxy groups -OCH3 is 1. The van der Waals surface area contributed by atoms with Gasteiger partial charge in [0.15, 0.2) is 5.69 Å². The second-order valence-electron chi connectivity index (χ2n) is 6.93. The number of pyridine rings is 1. The maximum atomic E-state index is 13.9. The number of anilines is 1. The van der Waals surface area contributed by atoms with E-state index in [0.29, 0.717) is 29.2 Å². The number of aromatic nitrogens is 1. The van der Waals surface area contributed by atoms with Crippen LogP contribution in [0.15, 0.2) is 42.5 Å². The number of benzene rings is 2. The number of hydrogen-bond acceptors (Lipinski definition) is 5. The van der Waals surface area contributed by atoms with Gasteiger partial charge in [-0.1, -0.05) is 12.1 Å². The molecule has 1 N–H and O–H groups in total. The molecule has 1 aromatic heterocycles. The van der Waals surface area contributed by atoms with E-state index in [0.717, 1.165) is 30.2 Å². The topological polar surface area (TPSA) is 69.4 Å². The van der Waals surface area contributed by atoms with Crippen molar-refractivity contribution in [1.29, 1.82) is 5.26 Å². The van der Waals surface area contributed by atoms with E-state index in [9.17, 15) is 14.8 Å². The van der Waals surface area contributed by atoms with Gasteiger partial charge in [-0.3, -0.25) is 0 Å². The third-order valence-corrected chi connectivity index (χ3v) is 5.11. The quantitative estimate of drug-likeness (QED) is 0.750. The highest BCUT2D eigenvalue weighted by Gasteiger charge is 2.24. The molecule has 1 aliphatic heterocycles. The van der Waals surface area contributed by atoms with Gasteiger partial charge in [0.05, 0.1) is 13.2 Å². The van der Waals surface area contributed by atoms with Crippen LogP contribution < -0.4 is 9.64 Å². The number of halogens is 1. The van der Waals surface area contributed by atoms with E-state index in [1.54, 1.807) is 19.2 Å². The van der Waals surface area contributed by atoms with Crippen molar-refractivity contribution in [3.05, 3.63) is 54.0 Å². The molecule has 0 saturated carbocycles. The number of aliphatic hydroxyl groups excluding tert-OH is 1. The smallest absolute Gasteiger partial charge is 0.151 e. The van der Waals surface area contributed by atoms with Crippen molar-refractivity contribution in [2.24, 2.45) is 0 Å². The van der Waals surface area contributed by atoms with E-state index in [2.05, 4.69) is 11.1 Å². The predicted molar refractivity (Wildman–Crippen MR) is 106 cm³/mol. The largest absolute Gasteiger partial charge is 0.497 e. The van der Waals surface area contributed by atoms with Crippen molar-refractivity contribution in [1.82, 2.24) is 4.98 Å². The van der Waals surface area contributed by atoms with Gasteiger partial charge in [0.1, 0.15) is 23.5 Å². The molecule has 6 heteroatoms. The summed E-state index contributed by atoms with van der Waals surface area (Å²) in [4.78, 5) is 6.64. The fourth-order valence-corrected chi connectivity index (χ4v) is 3.81. The van der Waals surface area contributed by atoms with E-state index in [1.807, 2.05) is 23.1 Å². The van der Waals surface area contributed by atoms with E-state index >= 15 is 0 Å². The second-order valence-corrected chi connectivity index (χ2v) is 6.93. The first-order chi connectivity index (χ1) is 13.6. The molecule has 2 heterocycles. The van der Waals surface area contributed by atoms with Gasteiger partial charge in [-0.25, -0.2) is 9.37 Å². The zero-order valence-corrected chi connectivity index (χ0v) is 15.5. The number of piperidine rings is 1. The first-order valence-electron chi connectivity index (χ1n) is 9.21. The Labute approximate surface area is 162 Å². The molecule has 0 aliphatic carbocycles. The Morgan fingerprint density at radius 3 is 2.82 bits per heavy atom. The zero-order valence-electron chi connectivity index (χ0n) is 15.5. The van der Waals surface area contributed by atoms with Crippen LogP contribution in [0.3, 0.4) is 0 Å². The lowest BCUT2D eigenvalue weighted by molar-refractivity contribution is 0.154. The van der Waals surface area contributed by atoms with Crippen molar-refractivity contribution in [2.75, 3.05) is 25.1 Å². The summed E-state index contributed by atoms with van der Waals surface area (Å²) in [6.45, 7) is 1.23. The third-order valence-electron chi connectivity index (χ3n) is 5.11. The summed E-state index contributed by atoms with van der Waals surface area (Å²) >= 11 is 0. The fraction of sp³-hybridized carbons (Fsp3) is 0.273. The molecular weight excluding hydrogens is 357 g/mol. The average Bonchev–Trinajstić information content (AvgIpc) is 2.72. The van der Waals surface area contributed by atoms with Crippen molar-refractivity contribution in [3.63, 3.8) is 0 Å². The van der Waals surface area contributed by atoms with Crippen LogP contribution in [0.1, 0.15) is 18.5 Å². The molecule has 1 fully saturated rings. The molecule has 28 heavy (non-hydrogen) atoms. The minimum absolute atomic E-state index is 0.224. The number of fused-ring (bicyclic) bond motifs is 1. The maximum Gasteiger partial charge on any atom is 0.151 e. The summed E-state index contributed by atoms with van der Waals surface area (Å²) in [5.41, 5.74) is 1.39. The van der Waals surface area contributed by atoms with Crippen molar-refractivity contribution in [2.45, 2.75) is 18.9 Å².